The zero-order chi connectivity index (χ0) is 21.0. The molecule has 1 aliphatic rings. The van der Waals surface area contributed by atoms with Gasteiger partial charge < -0.3 is 19.7 Å². The molecule has 3 heterocycles. The third kappa shape index (κ3) is 5.66. The molecular weight excluding hydrogens is 374 g/mol. The summed E-state index contributed by atoms with van der Waals surface area (Å²) in [5.74, 6) is 0.380. The highest BCUT2D eigenvalue weighted by Gasteiger charge is 2.23. The molecule has 1 N–H and O–H groups in total. The number of hydrogen-bond donors (Lipinski definition) is 1. The molecule has 0 spiro atoms. The minimum absolute atomic E-state index is 0.108. The number of amides is 1. The van der Waals surface area contributed by atoms with Crippen LogP contribution in [0.2, 0.25) is 0 Å². The van der Waals surface area contributed by atoms with E-state index in [1.165, 1.54) is 13.2 Å². The van der Waals surface area contributed by atoms with Crippen LogP contribution in [-0.4, -0.2) is 63.9 Å². The van der Waals surface area contributed by atoms with Crippen molar-refractivity contribution in [2.24, 2.45) is 0 Å². The summed E-state index contributed by atoms with van der Waals surface area (Å²) in [6.07, 6.45) is 2.86. The Kier molecular flexibility index (Phi) is 6.36. The van der Waals surface area contributed by atoms with Crippen molar-refractivity contribution in [2.75, 3.05) is 26.7 Å². The Balaban J connectivity index is 1.56. The second-order valence-electron chi connectivity index (χ2n) is 8.21. The largest absolute Gasteiger partial charge is 0.480 e. The van der Waals surface area contributed by atoms with Crippen LogP contribution >= 0.6 is 0 Å². The van der Waals surface area contributed by atoms with E-state index in [9.17, 15) is 9.59 Å². The van der Waals surface area contributed by atoms with Crippen molar-refractivity contribution < 1.29 is 14.3 Å². The topological polar surface area (TPSA) is 98.6 Å². The number of alkyl carbamates (subject to hydrolysis) is 1. The van der Waals surface area contributed by atoms with Gasteiger partial charge in [0.25, 0.3) is 5.56 Å². The standard InChI is InChI=1S/C20H29N5O4/c1-20(2,3)29-19(27)22-14-7-9-24(10-8-14)11-12-25-17(26)6-5-15-18(25)23-16(28-4)13-21-15/h5-6,13-14H,7-12H2,1-4H3,(H,22,27). The third-order valence-electron chi connectivity index (χ3n) is 4.82. The molecule has 9 heteroatoms. The van der Waals surface area contributed by atoms with Gasteiger partial charge in [0.2, 0.25) is 5.88 Å². The summed E-state index contributed by atoms with van der Waals surface area (Å²) in [6.45, 7) is 8.47. The van der Waals surface area contributed by atoms with Gasteiger partial charge in [-0.25, -0.2) is 9.78 Å². The zero-order valence-electron chi connectivity index (χ0n) is 17.5. The first-order chi connectivity index (χ1) is 13.7. The Morgan fingerprint density at radius 2 is 1.97 bits per heavy atom. The normalized spacial score (nSPS) is 16.0. The molecule has 0 atom stereocenters. The molecule has 3 rings (SSSR count). The molecule has 1 amide bonds. The number of likely N-dealkylation sites (tertiary alicyclic amines) is 1. The van der Waals surface area contributed by atoms with Crippen LogP contribution in [0.4, 0.5) is 4.79 Å². The molecule has 1 saturated heterocycles. The maximum absolute atomic E-state index is 12.4. The maximum atomic E-state index is 12.4. The Hall–Kier alpha value is -2.68. The summed E-state index contributed by atoms with van der Waals surface area (Å²) in [4.78, 5) is 35.3. The van der Waals surface area contributed by atoms with Gasteiger partial charge >= 0.3 is 6.09 Å². The van der Waals surface area contributed by atoms with E-state index in [1.807, 2.05) is 20.8 Å². The average molecular weight is 403 g/mol. The highest BCUT2D eigenvalue weighted by molar-refractivity contribution is 5.70. The Labute approximate surface area is 170 Å². The van der Waals surface area contributed by atoms with Crippen LogP contribution in [-0.2, 0) is 11.3 Å². The van der Waals surface area contributed by atoms with Crippen LogP contribution in [0.5, 0.6) is 5.88 Å². The number of nitrogens with one attached hydrogen (secondary N) is 1. The number of ether oxygens (including phenoxy) is 2. The summed E-state index contributed by atoms with van der Waals surface area (Å²) in [5.41, 5.74) is 0.577. The molecule has 0 aromatic carbocycles. The van der Waals surface area contributed by atoms with Gasteiger partial charge in [-0.05, 0) is 39.7 Å². The predicted octanol–water partition coefficient (Wildman–Crippen LogP) is 1.79. The van der Waals surface area contributed by atoms with Gasteiger partial charge in [-0.15, -0.1) is 0 Å². The average Bonchev–Trinajstić information content (AvgIpc) is 2.66. The molecule has 0 radical (unpaired) electrons. The van der Waals surface area contributed by atoms with E-state index in [0.29, 0.717) is 23.6 Å². The number of methoxy groups -OCH3 is 1. The van der Waals surface area contributed by atoms with Crippen LogP contribution in [0.15, 0.2) is 23.1 Å². The lowest BCUT2D eigenvalue weighted by atomic mass is 10.1. The van der Waals surface area contributed by atoms with E-state index in [-0.39, 0.29) is 17.7 Å². The zero-order valence-corrected chi connectivity index (χ0v) is 17.5. The summed E-state index contributed by atoms with van der Waals surface area (Å²) in [6, 6.07) is 3.30. The first kappa shape index (κ1) is 21.0. The molecule has 29 heavy (non-hydrogen) atoms. The minimum atomic E-state index is -0.498. The van der Waals surface area contributed by atoms with Crippen LogP contribution in [0.3, 0.4) is 0 Å². The maximum Gasteiger partial charge on any atom is 0.407 e. The number of rotatable bonds is 5. The fraction of sp³-hybridized carbons (Fsp3) is 0.600. The molecule has 9 nitrogen and oxygen atoms in total. The highest BCUT2D eigenvalue weighted by atomic mass is 16.6. The monoisotopic (exact) mass is 403 g/mol. The fourth-order valence-corrected chi connectivity index (χ4v) is 3.36. The van der Waals surface area contributed by atoms with E-state index >= 15 is 0 Å². The number of aromatic nitrogens is 3. The lowest BCUT2D eigenvalue weighted by molar-refractivity contribution is 0.0478. The second-order valence-corrected chi connectivity index (χ2v) is 8.21. The van der Waals surface area contributed by atoms with Gasteiger partial charge in [0, 0.05) is 38.3 Å². The summed E-state index contributed by atoms with van der Waals surface area (Å²) in [5, 5.41) is 2.94. The van der Waals surface area contributed by atoms with Crippen molar-refractivity contribution in [1.29, 1.82) is 0 Å². The van der Waals surface area contributed by atoms with Crippen LogP contribution in [0.25, 0.3) is 11.2 Å². The van der Waals surface area contributed by atoms with E-state index in [1.54, 1.807) is 16.8 Å². The van der Waals surface area contributed by atoms with E-state index in [4.69, 9.17) is 9.47 Å². The van der Waals surface area contributed by atoms with Gasteiger partial charge in [-0.1, -0.05) is 0 Å². The van der Waals surface area contributed by atoms with Gasteiger partial charge in [-0.2, -0.15) is 4.98 Å². The van der Waals surface area contributed by atoms with E-state index in [2.05, 4.69) is 20.2 Å². The molecular formula is C20H29N5O4. The molecule has 0 saturated carbocycles. The lowest BCUT2D eigenvalue weighted by Gasteiger charge is -2.32. The summed E-state index contributed by atoms with van der Waals surface area (Å²) in [7, 11) is 1.52. The summed E-state index contributed by atoms with van der Waals surface area (Å²) >= 11 is 0. The molecule has 0 aliphatic carbocycles. The minimum Gasteiger partial charge on any atom is -0.480 e. The third-order valence-corrected chi connectivity index (χ3v) is 4.82. The molecule has 0 bridgehead atoms. The van der Waals surface area contributed by atoms with Crippen LogP contribution in [0, 0.1) is 0 Å². The number of fused-ring (bicyclic) bond motifs is 1. The van der Waals surface area contributed by atoms with Crippen molar-refractivity contribution in [3.05, 3.63) is 28.7 Å². The number of carbonyl (C=O) groups excluding carboxylic acids is 1. The van der Waals surface area contributed by atoms with Crippen LogP contribution in [0.1, 0.15) is 33.6 Å². The number of pyridine rings is 1. The first-order valence-electron chi connectivity index (χ1n) is 9.87. The molecule has 0 unspecified atom stereocenters. The molecule has 158 valence electrons. The smallest absolute Gasteiger partial charge is 0.407 e. The number of carbonyl (C=O) groups is 1. The second kappa shape index (κ2) is 8.77. The SMILES string of the molecule is COc1cnc2ccc(=O)n(CCN3CCC(NC(=O)OC(C)(C)C)CC3)c2n1. The first-order valence-corrected chi connectivity index (χ1v) is 9.87. The fourth-order valence-electron chi connectivity index (χ4n) is 3.36. The quantitative estimate of drug-likeness (QED) is 0.813. The van der Waals surface area contributed by atoms with Gasteiger partial charge in [0.1, 0.15) is 11.1 Å². The number of piperidine rings is 1. The Morgan fingerprint density at radius 3 is 2.62 bits per heavy atom. The summed E-state index contributed by atoms with van der Waals surface area (Å²) < 4.78 is 12.1. The number of hydrogen-bond acceptors (Lipinski definition) is 7. The molecule has 2 aromatic heterocycles. The lowest BCUT2D eigenvalue weighted by Crippen LogP contribution is -2.46. The van der Waals surface area contributed by atoms with Crippen molar-refractivity contribution in [3.8, 4) is 5.88 Å². The van der Waals surface area contributed by atoms with Crippen molar-refractivity contribution in [1.82, 2.24) is 24.8 Å². The Bertz CT molecular complexity index is 913. The molecule has 1 aliphatic heterocycles. The predicted molar refractivity (Wildman–Crippen MR) is 109 cm³/mol. The highest BCUT2D eigenvalue weighted by Crippen LogP contribution is 2.14. The Morgan fingerprint density at radius 1 is 1.24 bits per heavy atom. The number of nitrogens with zero attached hydrogens (tertiary/aromatic N) is 4. The van der Waals surface area contributed by atoms with Gasteiger partial charge in [0.05, 0.1) is 13.3 Å². The van der Waals surface area contributed by atoms with E-state index < -0.39 is 5.60 Å². The van der Waals surface area contributed by atoms with Crippen molar-refractivity contribution in [3.63, 3.8) is 0 Å². The van der Waals surface area contributed by atoms with E-state index in [0.717, 1.165) is 32.5 Å². The molecule has 2 aromatic rings. The van der Waals surface area contributed by atoms with Gasteiger partial charge in [0.15, 0.2) is 5.65 Å². The van der Waals surface area contributed by atoms with Gasteiger partial charge in [-0.3, -0.25) is 9.36 Å². The van der Waals surface area contributed by atoms with Crippen molar-refractivity contribution >= 4 is 17.3 Å². The van der Waals surface area contributed by atoms with Crippen LogP contribution < -0.4 is 15.6 Å². The van der Waals surface area contributed by atoms with Crippen molar-refractivity contribution in [2.45, 2.75) is 51.8 Å². The molecule has 1 fully saturated rings.